The maximum absolute atomic E-state index is 12.0. The van der Waals surface area contributed by atoms with Crippen LogP contribution in [0.5, 0.6) is 0 Å². The van der Waals surface area contributed by atoms with Crippen LogP contribution >= 0.6 is 0 Å². The smallest absolute Gasteiger partial charge is 0.192 e. The summed E-state index contributed by atoms with van der Waals surface area (Å²) in [5.74, 6) is 1.32. The van der Waals surface area contributed by atoms with Crippen molar-refractivity contribution >= 4 is 14.1 Å². The van der Waals surface area contributed by atoms with E-state index in [1.54, 1.807) is 6.92 Å². The molecule has 0 bridgehead atoms. The van der Waals surface area contributed by atoms with Crippen molar-refractivity contribution in [2.75, 3.05) is 0 Å². The lowest BCUT2D eigenvalue weighted by atomic mass is 9.63. The molecular weight excluding hydrogens is 276 g/mol. The molecule has 21 heavy (non-hydrogen) atoms. The fourth-order valence-corrected chi connectivity index (χ4v) is 8.17. The minimum Gasteiger partial charge on any atom is -0.414 e. The molecule has 2 aliphatic rings. The Hall–Kier alpha value is -0.153. The molecule has 0 spiro atoms. The monoisotopic (exact) mass is 310 g/mol. The van der Waals surface area contributed by atoms with Crippen molar-refractivity contribution < 1.29 is 9.22 Å². The van der Waals surface area contributed by atoms with Crippen LogP contribution in [-0.4, -0.2) is 20.2 Å². The fourth-order valence-electron chi connectivity index (χ4n) is 5.25. The van der Waals surface area contributed by atoms with Crippen molar-refractivity contribution in [2.24, 2.45) is 17.3 Å². The zero-order valence-electron chi connectivity index (χ0n) is 14.7. The number of carbonyl (C=O) groups excluding carboxylic acids is 1. The summed E-state index contributed by atoms with van der Waals surface area (Å²) in [6, 6.07) is 3.70. The second kappa shape index (κ2) is 6.53. The van der Waals surface area contributed by atoms with Gasteiger partial charge in [0, 0.05) is 12.0 Å². The van der Waals surface area contributed by atoms with Crippen LogP contribution in [0, 0.1) is 17.3 Å². The molecule has 122 valence electrons. The molecule has 2 nitrogen and oxygen atoms in total. The van der Waals surface area contributed by atoms with E-state index in [1.165, 1.54) is 43.8 Å². The van der Waals surface area contributed by atoms with Crippen LogP contribution in [0.25, 0.3) is 0 Å². The average molecular weight is 311 g/mol. The van der Waals surface area contributed by atoms with Gasteiger partial charge in [0.05, 0.1) is 0 Å². The molecule has 3 heteroatoms. The quantitative estimate of drug-likeness (QED) is 0.632. The van der Waals surface area contributed by atoms with E-state index in [9.17, 15) is 4.79 Å². The number of fused-ring (bicyclic) bond motifs is 1. The van der Waals surface area contributed by atoms with E-state index in [1.807, 2.05) is 0 Å². The molecular formula is C18H34O2Si. The molecule has 2 saturated carbocycles. The highest BCUT2D eigenvalue weighted by Gasteiger charge is 2.54. The molecule has 0 aromatic rings. The summed E-state index contributed by atoms with van der Waals surface area (Å²) in [6.07, 6.45) is 6.41. The summed E-state index contributed by atoms with van der Waals surface area (Å²) in [7, 11) is -1.53. The molecule has 2 fully saturated rings. The highest BCUT2D eigenvalue weighted by Crippen LogP contribution is 2.56. The molecule has 2 unspecified atom stereocenters. The Bertz CT molecular complexity index is 369. The van der Waals surface area contributed by atoms with Gasteiger partial charge in [0.15, 0.2) is 8.32 Å². The topological polar surface area (TPSA) is 26.3 Å². The van der Waals surface area contributed by atoms with E-state index < -0.39 is 8.32 Å². The second-order valence-corrected chi connectivity index (χ2v) is 12.4. The zero-order valence-corrected chi connectivity index (χ0v) is 15.7. The second-order valence-electron chi connectivity index (χ2n) is 7.65. The summed E-state index contributed by atoms with van der Waals surface area (Å²) in [6.45, 7) is 11.1. The summed E-state index contributed by atoms with van der Waals surface area (Å²) in [5.41, 5.74) is 0.212. The summed E-state index contributed by atoms with van der Waals surface area (Å²) >= 11 is 0. The van der Waals surface area contributed by atoms with E-state index in [4.69, 9.17) is 4.43 Å². The first-order valence-corrected chi connectivity index (χ1v) is 11.6. The average Bonchev–Trinajstić information content (AvgIpc) is 2.83. The van der Waals surface area contributed by atoms with Crippen LogP contribution in [0.1, 0.15) is 66.7 Å². The SMILES string of the molecule is CC[Si](CC)(CC)OC1CCCC2(C)[C@@H](C(C)=O)CC[C@@H]12. The molecule has 2 rings (SSSR count). The van der Waals surface area contributed by atoms with E-state index in [-0.39, 0.29) is 11.3 Å². The molecule has 0 heterocycles. The third-order valence-corrected chi connectivity index (χ3v) is 11.6. The number of rotatable bonds is 6. The van der Waals surface area contributed by atoms with Crippen molar-refractivity contribution in [3.63, 3.8) is 0 Å². The lowest BCUT2D eigenvalue weighted by molar-refractivity contribution is -0.126. The summed E-state index contributed by atoms with van der Waals surface area (Å²) in [4.78, 5) is 12.0. The van der Waals surface area contributed by atoms with Gasteiger partial charge in [0.2, 0.25) is 0 Å². The third-order valence-electron chi connectivity index (χ3n) is 6.89. The normalized spacial score (nSPS) is 36.5. The molecule has 0 aromatic heterocycles. The lowest BCUT2D eigenvalue weighted by Gasteiger charge is -2.47. The number of hydrogen-bond acceptors (Lipinski definition) is 2. The molecule has 0 aliphatic heterocycles. The molecule has 0 radical (unpaired) electrons. The van der Waals surface area contributed by atoms with Gasteiger partial charge in [-0.05, 0) is 62.1 Å². The minimum atomic E-state index is -1.53. The van der Waals surface area contributed by atoms with Crippen molar-refractivity contribution in [3.8, 4) is 0 Å². The van der Waals surface area contributed by atoms with Gasteiger partial charge < -0.3 is 4.43 Å². The van der Waals surface area contributed by atoms with E-state index >= 15 is 0 Å². The van der Waals surface area contributed by atoms with Gasteiger partial charge in [-0.2, -0.15) is 0 Å². The summed E-state index contributed by atoms with van der Waals surface area (Å²) < 4.78 is 6.86. The minimum absolute atomic E-state index is 0.212. The van der Waals surface area contributed by atoms with Gasteiger partial charge >= 0.3 is 0 Å². The predicted octanol–water partition coefficient (Wildman–Crippen LogP) is 5.18. The van der Waals surface area contributed by atoms with Crippen molar-refractivity contribution in [3.05, 3.63) is 0 Å². The van der Waals surface area contributed by atoms with Gasteiger partial charge in [0.1, 0.15) is 5.78 Å². The predicted molar refractivity (Wildman–Crippen MR) is 90.9 cm³/mol. The van der Waals surface area contributed by atoms with E-state index in [2.05, 4.69) is 27.7 Å². The highest BCUT2D eigenvalue weighted by molar-refractivity contribution is 6.73. The van der Waals surface area contributed by atoms with Crippen LogP contribution in [0.15, 0.2) is 0 Å². The Morgan fingerprint density at radius 3 is 2.29 bits per heavy atom. The van der Waals surface area contributed by atoms with E-state index in [0.29, 0.717) is 17.8 Å². The zero-order chi connectivity index (χ0) is 15.7. The first-order valence-electron chi connectivity index (χ1n) is 9.10. The number of carbonyl (C=O) groups is 1. The third kappa shape index (κ3) is 3.01. The van der Waals surface area contributed by atoms with Gasteiger partial charge in [-0.25, -0.2) is 0 Å². The standard InChI is InChI=1S/C18H34O2Si/c1-6-21(7-2,8-3)20-17-10-9-13-18(5)15(14(4)19)11-12-16(17)18/h15-17H,6-13H2,1-5H3/t15-,16+,17?,18?/m1/s1. The van der Waals surface area contributed by atoms with Crippen LogP contribution in [-0.2, 0) is 9.22 Å². The maximum atomic E-state index is 12.0. The number of Topliss-reactive ketones (excluding diaryl/α,β-unsaturated/α-hetero) is 1. The lowest BCUT2D eigenvalue weighted by Crippen LogP contribution is -2.48. The highest BCUT2D eigenvalue weighted by atomic mass is 28.4. The molecule has 4 atom stereocenters. The van der Waals surface area contributed by atoms with Gasteiger partial charge in [-0.3, -0.25) is 4.79 Å². The Labute approximate surface area is 132 Å². The molecule has 2 aliphatic carbocycles. The summed E-state index contributed by atoms with van der Waals surface area (Å²) in [5, 5.41) is 0. The van der Waals surface area contributed by atoms with Gasteiger partial charge in [-0.15, -0.1) is 0 Å². The Morgan fingerprint density at radius 2 is 1.76 bits per heavy atom. The first kappa shape index (κ1) is 17.2. The number of hydrogen-bond donors (Lipinski definition) is 0. The van der Waals surface area contributed by atoms with Crippen molar-refractivity contribution in [1.29, 1.82) is 0 Å². The van der Waals surface area contributed by atoms with Crippen LogP contribution < -0.4 is 0 Å². The van der Waals surface area contributed by atoms with Gasteiger partial charge in [0.25, 0.3) is 0 Å². The Kier molecular flexibility index (Phi) is 5.35. The Balaban J connectivity index is 2.18. The Morgan fingerprint density at radius 1 is 1.14 bits per heavy atom. The largest absolute Gasteiger partial charge is 0.414 e. The van der Waals surface area contributed by atoms with Crippen LogP contribution in [0.4, 0.5) is 0 Å². The van der Waals surface area contributed by atoms with Crippen LogP contribution in [0.2, 0.25) is 18.1 Å². The first-order chi connectivity index (χ1) is 9.92. The van der Waals surface area contributed by atoms with Crippen LogP contribution in [0.3, 0.4) is 0 Å². The molecule has 0 saturated heterocycles. The van der Waals surface area contributed by atoms with Crippen molar-refractivity contribution in [2.45, 2.75) is 91.0 Å². The number of ketones is 1. The molecule has 0 amide bonds. The molecule has 0 aromatic carbocycles. The maximum Gasteiger partial charge on any atom is 0.192 e. The molecule has 0 N–H and O–H groups in total. The van der Waals surface area contributed by atoms with Crippen molar-refractivity contribution in [1.82, 2.24) is 0 Å². The van der Waals surface area contributed by atoms with Gasteiger partial charge in [-0.1, -0.05) is 34.1 Å². The fraction of sp³-hybridized carbons (Fsp3) is 0.944. The van der Waals surface area contributed by atoms with E-state index in [0.717, 1.165) is 6.42 Å².